The van der Waals surface area contributed by atoms with E-state index in [9.17, 15) is 30.0 Å². The molecule has 1 saturated heterocycles. The van der Waals surface area contributed by atoms with Gasteiger partial charge in [-0.1, -0.05) is 6.08 Å². The molecule has 9 nitrogen and oxygen atoms in total. The van der Waals surface area contributed by atoms with Gasteiger partial charge in [-0.3, -0.25) is 4.79 Å². The molecular formula is C14H23NO8. The highest BCUT2D eigenvalue weighted by Crippen LogP contribution is 2.35. The summed E-state index contributed by atoms with van der Waals surface area (Å²) in [7, 11) is 0. The van der Waals surface area contributed by atoms with Crippen LogP contribution >= 0.6 is 0 Å². The Balaban J connectivity index is 3.19. The molecule has 1 fully saturated rings. The molecule has 0 aliphatic carbocycles. The van der Waals surface area contributed by atoms with E-state index < -0.39 is 54.5 Å². The van der Waals surface area contributed by atoms with Crippen LogP contribution in [0.25, 0.3) is 0 Å². The molecule has 0 aromatic heterocycles. The van der Waals surface area contributed by atoms with Gasteiger partial charge in [0.15, 0.2) is 5.60 Å². The highest BCUT2D eigenvalue weighted by atomic mass is 16.6. The minimum absolute atomic E-state index is 0.148. The molecule has 132 valence electrons. The van der Waals surface area contributed by atoms with Gasteiger partial charge in [0, 0.05) is 19.8 Å². The standard InChI is InChI=1S/C14H23NO8/c1-3-4-14(13(21)22)5-8(18)10(15-7(2)17)12(23-14)11(20)9(19)6-16/h3,8-12,16,18-20H,1,4-6H2,2H3,(H,15,17)(H,21,22)/t8-,9+,10+,11+,12+,14+/m0/s1. The van der Waals surface area contributed by atoms with Crippen molar-refractivity contribution in [2.75, 3.05) is 6.61 Å². The van der Waals surface area contributed by atoms with Crippen LogP contribution in [0.5, 0.6) is 0 Å². The lowest BCUT2D eigenvalue weighted by Gasteiger charge is -2.46. The van der Waals surface area contributed by atoms with E-state index in [1.165, 1.54) is 13.0 Å². The molecule has 0 spiro atoms. The number of aliphatic hydroxyl groups is 4. The number of aliphatic hydroxyl groups excluding tert-OH is 4. The van der Waals surface area contributed by atoms with Crippen molar-refractivity contribution in [2.45, 2.75) is 55.8 Å². The molecule has 6 atom stereocenters. The average molecular weight is 333 g/mol. The van der Waals surface area contributed by atoms with E-state index in [1.54, 1.807) is 0 Å². The predicted molar refractivity (Wildman–Crippen MR) is 77.4 cm³/mol. The maximum atomic E-state index is 11.6. The topological polar surface area (TPSA) is 157 Å². The molecular weight excluding hydrogens is 310 g/mol. The maximum Gasteiger partial charge on any atom is 0.336 e. The average Bonchev–Trinajstić information content (AvgIpc) is 2.47. The zero-order valence-electron chi connectivity index (χ0n) is 12.8. The smallest absolute Gasteiger partial charge is 0.336 e. The first-order valence-corrected chi connectivity index (χ1v) is 7.12. The summed E-state index contributed by atoms with van der Waals surface area (Å²) in [6.07, 6.45) is -5.30. The van der Waals surface area contributed by atoms with E-state index in [0.29, 0.717) is 0 Å². The monoisotopic (exact) mass is 333 g/mol. The summed E-state index contributed by atoms with van der Waals surface area (Å²) >= 11 is 0. The van der Waals surface area contributed by atoms with Crippen LogP contribution in [0.3, 0.4) is 0 Å². The SMILES string of the molecule is C=CC[C@]1(C(=O)O)C[C@H](O)[C@@H](NC(C)=O)[C@H]([C@H](O)[C@H](O)CO)O1. The summed E-state index contributed by atoms with van der Waals surface area (Å²) < 4.78 is 5.48. The second kappa shape index (κ2) is 7.84. The molecule has 0 aromatic carbocycles. The van der Waals surface area contributed by atoms with Crippen molar-refractivity contribution in [3.63, 3.8) is 0 Å². The number of amides is 1. The van der Waals surface area contributed by atoms with Crippen molar-refractivity contribution >= 4 is 11.9 Å². The Morgan fingerprint density at radius 2 is 2.09 bits per heavy atom. The van der Waals surface area contributed by atoms with E-state index in [2.05, 4.69) is 11.9 Å². The van der Waals surface area contributed by atoms with Gasteiger partial charge in [-0.2, -0.15) is 0 Å². The molecule has 1 aliphatic heterocycles. The van der Waals surface area contributed by atoms with Crippen molar-refractivity contribution in [3.8, 4) is 0 Å². The first-order chi connectivity index (χ1) is 10.7. The Kier molecular flexibility index (Phi) is 6.66. The van der Waals surface area contributed by atoms with Gasteiger partial charge in [-0.25, -0.2) is 4.79 Å². The fourth-order valence-corrected chi connectivity index (χ4v) is 2.68. The lowest BCUT2D eigenvalue weighted by molar-refractivity contribution is -0.228. The quantitative estimate of drug-likeness (QED) is 0.285. The van der Waals surface area contributed by atoms with Crippen LogP contribution in [0, 0.1) is 0 Å². The fourth-order valence-electron chi connectivity index (χ4n) is 2.68. The second-order valence-electron chi connectivity index (χ2n) is 5.61. The highest BCUT2D eigenvalue weighted by Gasteiger charge is 2.53. The molecule has 0 radical (unpaired) electrons. The van der Waals surface area contributed by atoms with Gasteiger partial charge >= 0.3 is 5.97 Å². The van der Waals surface area contributed by atoms with Crippen LogP contribution in [0.4, 0.5) is 0 Å². The fraction of sp³-hybridized carbons (Fsp3) is 0.714. The number of aliphatic carboxylic acids is 1. The van der Waals surface area contributed by atoms with Crippen LogP contribution in [0.1, 0.15) is 19.8 Å². The van der Waals surface area contributed by atoms with Gasteiger partial charge in [0.1, 0.15) is 18.3 Å². The van der Waals surface area contributed by atoms with Gasteiger partial charge in [0.25, 0.3) is 0 Å². The maximum absolute atomic E-state index is 11.6. The number of rotatable bonds is 7. The number of carbonyl (C=O) groups excluding carboxylic acids is 1. The van der Waals surface area contributed by atoms with E-state index in [1.807, 2.05) is 0 Å². The summed E-state index contributed by atoms with van der Waals surface area (Å²) in [5.74, 6) is -1.90. The zero-order chi connectivity index (χ0) is 17.8. The molecule has 1 aliphatic rings. The Morgan fingerprint density at radius 3 is 2.52 bits per heavy atom. The lowest BCUT2D eigenvalue weighted by atomic mass is 9.82. The first-order valence-electron chi connectivity index (χ1n) is 7.12. The van der Waals surface area contributed by atoms with Crippen LogP contribution in [-0.2, 0) is 14.3 Å². The Labute approximate surface area is 133 Å². The van der Waals surface area contributed by atoms with Gasteiger partial charge in [0.2, 0.25) is 5.91 Å². The second-order valence-corrected chi connectivity index (χ2v) is 5.61. The lowest BCUT2D eigenvalue weighted by Crippen LogP contribution is -2.67. The summed E-state index contributed by atoms with van der Waals surface area (Å²) in [5.41, 5.74) is -1.85. The van der Waals surface area contributed by atoms with Crippen molar-refractivity contribution in [3.05, 3.63) is 12.7 Å². The first kappa shape index (κ1) is 19.5. The van der Waals surface area contributed by atoms with Crippen molar-refractivity contribution < 1.29 is 39.9 Å². The van der Waals surface area contributed by atoms with E-state index in [4.69, 9.17) is 9.84 Å². The van der Waals surface area contributed by atoms with E-state index in [-0.39, 0.29) is 12.8 Å². The van der Waals surface area contributed by atoms with Crippen molar-refractivity contribution in [1.29, 1.82) is 0 Å². The van der Waals surface area contributed by atoms with Crippen LogP contribution < -0.4 is 5.32 Å². The third-order valence-corrected chi connectivity index (χ3v) is 3.82. The number of carboxylic acid groups (broad SMARTS) is 1. The summed E-state index contributed by atoms with van der Waals surface area (Å²) in [5, 5.41) is 50.8. The normalized spacial score (nSPS) is 33.5. The molecule has 1 rings (SSSR count). The minimum Gasteiger partial charge on any atom is -0.479 e. The number of hydrogen-bond donors (Lipinski definition) is 6. The number of nitrogens with one attached hydrogen (secondary N) is 1. The molecule has 1 amide bonds. The Morgan fingerprint density at radius 1 is 1.48 bits per heavy atom. The minimum atomic E-state index is -1.85. The molecule has 6 N–H and O–H groups in total. The van der Waals surface area contributed by atoms with Crippen molar-refractivity contribution in [2.24, 2.45) is 0 Å². The molecule has 23 heavy (non-hydrogen) atoms. The summed E-state index contributed by atoms with van der Waals surface area (Å²) in [6.45, 7) is 3.83. The van der Waals surface area contributed by atoms with Crippen LogP contribution in [0.2, 0.25) is 0 Å². The predicted octanol–water partition coefficient (Wildman–Crippen LogP) is -2.25. The number of hydrogen-bond acceptors (Lipinski definition) is 7. The van der Waals surface area contributed by atoms with Crippen LogP contribution in [-0.4, -0.2) is 80.1 Å². The van der Waals surface area contributed by atoms with Gasteiger partial charge in [0.05, 0.1) is 18.8 Å². The van der Waals surface area contributed by atoms with Gasteiger partial charge in [-0.15, -0.1) is 6.58 Å². The zero-order valence-corrected chi connectivity index (χ0v) is 12.8. The van der Waals surface area contributed by atoms with E-state index >= 15 is 0 Å². The Hall–Kier alpha value is -1.52. The largest absolute Gasteiger partial charge is 0.479 e. The number of ether oxygens (including phenoxy) is 1. The number of carboxylic acids is 1. The molecule has 0 saturated carbocycles. The number of carbonyl (C=O) groups is 2. The third-order valence-electron chi connectivity index (χ3n) is 3.82. The molecule has 0 unspecified atom stereocenters. The van der Waals surface area contributed by atoms with Crippen molar-refractivity contribution in [1.82, 2.24) is 5.32 Å². The third kappa shape index (κ3) is 4.27. The molecule has 1 heterocycles. The van der Waals surface area contributed by atoms with E-state index in [0.717, 1.165) is 0 Å². The Bertz CT molecular complexity index is 456. The highest BCUT2D eigenvalue weighted by molar-refractivity contribution is 5.78. The van der Waals surface area contributed by atoms with Gasteiger partial charge < -0.3 is 35.6 Å². The summed E-state index contributed by atoms with van der Waals surface area (Å²) in [6, 6.07) is -1.14. The summed E-state index contributed by atoms with van der Waals surface area (Å²) in [4.78, 5) is 22.9. The van der Waals surface area contributed by atoms with Crippen LogP contribution in [0.15, 0.2) is 12.7 Å². The molecule has 0 aromatic rings. The molecule has 9 heteroatoms. The molecule has 0 bridgehead atoms. The van der Waals surface area contributed by atoms with Gasteiger partial charge in [-0.05, 0) is 0 Å².